The number of hydrogen-bond acceptors (Lipinski definition) is 5. The lowest BCUT2D eigenvalue weighted by molar-refractivity contribution is -0.161. The number of carbonyl (C=O) groups excluding carboxylic acids is 2. The summed E-state index contributed by atoms with van der Waals surface area (Å²) >= 11 is 0. The molecule has 0 aliphatic rings. The number of rotatable bonds is 18. The Balaban J connectivity index is 3.69. The van der Waals surface area contributed by atoms with Crippen molar-refractivity contribution >= 4 is 11.9 Å². The van der Waals surface area contributed by atoms with Crippen molar-refractivity contribution in [2.24, 2.45) is 0 Å². The topological polar surface area (TPSA) is 72.8 Å². The first-order valence-electron chi connectivity index (χ1n) is 10.7. The van der Waals surface area contributed by atoms with Gasteiger partial charge < -0.3 is 14.6 Å². The molecule has 0 aromatic heterocycles. The van der Waals surface area contributed by atoms with Gasteiger partial charge in [0.05, 0.1) is 6.61 Å². The number of aliphatic hydroxyl groups is 1. The van der Waals surface area contributed by atoms with Crippen molar-refractivity contribution < 1.29 is 24.2 Å². The van der Waals surface area contributed by atoms with Gasteiger partial charge in [-0.1, -0.05) is 64.5 Å². The predicted molar refractivity (Wildman–Crippen MR) is 108 cm³/mol. The van der Waals surface area contributed by atoms with Gasteiger partial charge in [0.2, 0.25) is 0 Å². The van der Waals surface area contributed by atoms with E-state index in [1.54, 1.807) is 0 Å². The minimum atomic E-state index is -0.762. The fourth-order valence-corrected chi connectivity index (χ4v) is 2.67. The maximum atomic E-state index is 11.8. The monoisotopic (exact) mass is 384 g/mol. The van der Waals surface area contributed by atoms with Gasteiger partial charge in [-0.2, -0.15) is 0 Å². The van der Waals surface area contributed by atoms with Crippen LogP contribution in [0.2, 0.25) is 0 Å². The summed E-state index contributed by atoms with van der Waals surface area (Å²) in [6.07, 6.45) is 15.9. The van der Waals surface area contributed by atoms with E-state index in [1.807, 2.05) is 0 Å². The minimum absolute atomic E-state index is 0.0693. The molecule has 0 spiro atoms. The van der Waals surface area contributed by atoms with Gasteiger partial charge in [0.25, 0.3) is 0 Å². The van der Waals surface area contributed by atoms with Crippen LogP contribution in [0.4, 0.5) is 0 Å². The Morgan fingerprint density at radius 2 is 1.48 bits per heavy atom. The Kier molecular flexibility index (Phi) is 18.4. The first-order chi connectivity index (χ1) is 13.1. The molecule has 0 unspecified atom stereocenters. The fourth-order valence-electron chi connectivity index (χ4n) is 2.67. The Morgan fingerprint density at radius 1 is 0.852 bits per heavy atom. The SMILES string of the molecule is CC/C=C/CCCCCCCC(=O)O[C@@H](CO)COC(=O)CCCCCC. The highest BCUT2D eigenvalue weighted by atomic mass is 16.6. The van der Waals surface area contributed by atoms with Gasteiger partial charge in [-0.05, 0) is 32.1 Å². The number of hydrogen-bond donors (Lipinski definition) is 1. The third-order valence-corrected chi connectivity index (χ3v) is 4.32. The average Bonchev–Trinajstić information content (AvgIpc) is 2.67. The number of ether oxygens (including phenoxy) is 2. The number of esters is 2. The third kappa shape index (κ3) is 17.8. The molecule has 5 nitrogen and oxygen atoms in total. The molecule has 0 saturated heterocycles. The smallest absolute Gasteiger partial charge is 0.306 e. The molecule has 0 amide bonds. The van der Waals surface area contributed by atoms with E-state index in [0.29, 0.717) is 12.8 Å². The van der Waals surface area contributed by atoms with Crippen LogP contribution in [-0.4, -0.2) is 36.4 Å². The van der Waals surface area contributed by atoms with Crippen molar-refractivity contribution in [1.82, 2.24) is 0 Å². The number of allylic oxidation sites excluding steroid dienone is 2. The molecule has 27 heavy (non-hydrogen) atoms. The van der Waals surface area contributed by atoms with E-state index >= 15 is 0 Å². The molecule has 0 aromatic rings. The highest BCUT2D eigenvalue weighted by Crippen LogP contribution is 2.09. The predicted octanol–water partition coefficient (Wildman–Crippen LogP) is 5.10. The molecule has 0 rings (SSSR count). The quantitative estimate of drug-likeness (QED) is 0.202. The van der Waals surface area contributed by atoms with Crippen LogP contribution in [0.1, 0.15) is 97.3 Å². The zero-order chi connectivity index (χ0) is 20.2. The molecule has 0 saturated carbocycles. The molecule has 0 bridgehead atoms. The van der Waals surface area contributed by atoms with Crippen LogP contribution in [0.25, 0.3) is 0 Å². The molecule has 0 radical (unpaired) electrons. The van der Waals surface area contributed by atoms with E-state index in [-0.39, 0.29) is 25.2 Å². The molecule has 0 aliphatic heterocycles. The van der Waals surface area contributed by atoms with Crippen LogP contribution in [0, 0.1) is 0 Å². The maximum Gasteiger partial charge on any atom is 0.306 e. The Labute approximate surface area is 165 Å². The van der Waals surface area contributed by atoms with Crippen LogP contribution in [-0.2, 0) is 19.1 Å². The van der Waals surface area contributed by atoms with Gasteiger partial charge in [-0.25, -0.2) is 0 Å². The third-order valence-electron chi connectivity index (χ3n) is 4.32. The Bertz CT molecular complexity index is 392. The lowest BCUT2D eigenvalue weighted by atomic mass is 10.1. The first kappa shape index (κ1) is 25.6. The van der Waals surface area contributed by atoms with Gasteiger partial charge in [-0.3, -0.25) is 9.59 Å². The number of aliphatic hydroxyl groups excluding tert-OH is 1. The number of unbranched alkanes of at least 4 members (excludes halogenated alkanes) is 8. The van der Waals surface area contributed by atoms with E-state index in [9.17, 15) is 14.7 Å². The van der Waals surface area contributed by atoms with Gasteiger partial charge >= 0.3 is 11.9 Å². The molecule has 0 aliphatic carbocycles. The van der Waals surface area contributed by atoms with Gasteiger partial charge in [-0.15, -0.1) is 0 Å². The summed E-state index contributed by atoms with van der Waals surface area (Å²) in [6.45, 7) is 3.85. The molecular weight excluding hydrogens is 344 g/mol. The zero-order valence-corrected chi connectivity index (χ0v) is 17.4. The van der Waals surface area contributed by atoms with Crippen LogP contribution < -0.4 is 0 Å². The first-order valence-corrected chi connectivity index (χ1v) is 10.7. The second kappa shape index (κ2) is 19.4. The van der Waals surface area contributed by atoms with Crippen LogP contribution in [0.15, 0.2) is 12.2 Å². The summed E-state index contributed by atoms with van der Waals surface area (Å²) < 4.78 is 10.3. The largest absolute Gasteiger partial charge is 0.462 e. The summed E-state index contributed by atoms with van der Waals surface area (Å²) in [5, 5.41) is 9.29. The lowest BCUT2D eigenvalue weighted by Crippen LogP contribution is -2.28. The molecule has 0 fully saturated rings. The Morgan fingerprint density at radius 3 is 2.15 bits per heavy atom. The summed E-state index contributed by atoms with van der Waals surface area (Å²) in [6, 6.07) is 0. The van der Waals surface area contributed by atoms with Crippen molar-refractivity contribution in [2.75, 3.05) is 13.2 Å². The molecule has 5 heteroatoms. The summed E-state index contributed by atoms with van der Waals surface area (Å²) in [5.41, 5.74) is 0. The molecule has 1 N–H and O–H groups in total. The molecule has 158 valence electrons. The standard InChI is InChI=1S/C22H40O5/c1-3-5-7-9-10-11-12-13-15-17-22(25)27-20(18-23)19-26-21(24)16-14-8-6-4-2/h5,7,20,23H,3-4,6,8-19H2,1-2H3/b7-5+/t20-/m0/s1. The molecule has 0 aromatic carbocycles. The van der Waals surface area contributed by atoms with Crippen molar-refractivity contribution in [1.29, 1.82) is 0 Å². The van der Waals surface area contributed by atoms with Crippen molar-refractivity contribution in [2.45, 2.75) is 103 Å². The van der Waals surface area contributed by atoms with E-state index in [4.69, 9.17) is 9.47 Å². The van der Waals surface area contributed by atoms with Crippen LogP contribution in [0.5, 0.6) is 0 Å². The molecule has 1 atom stereocenters. The summed E-state index contributed by atoms with van der Waals surface area (Å²) in [5.74, 6) is -0.631. The van der Waals surface area contributed by atoms with Crippen LogP contribution >= 0.6 is 0 Å². The maximum absolute atomic E-state index is 11.8. The second-order valence-electron chi connectivity index (χ2n) is 6.97. The average molecular weight is 385 g/mol. The fraction of sp³-hybridized carbons (Fsp3) is 0.818. The normalized spacial score (nSPS) is 12.3. The van der Waals surface area contributed by atoms with E-state index in [1.165, 1.54) is 12.8 Å². The highest BCUT2D eigenvalue weighted by Gasteiger charge is 2.15. The van der Waals surface area contributed by atoms with E-state index in [2.05, 4.69) is 26.0 Å². The lowest BCUT2D eigenvalue weighted by Gasteiger charge is -2.15. The van der Waals surface area contributed by atoms with Gasteiger partial charge in [0.1, 0.15) is 6.61 Å². The second-order valence-corrected chi connectivity index (χ2v) is 6.97. The number of carbonyl (C=O) groups is 2. The summed E-state index contributed by atoms with van der Waals surface area (Å²) in [7, 11) is 0. The van der Waals surface area contributed by atoms with E-state index in [0.717, 1.165) is 57.8 Å². The van der Waals surface area contributed by atoms with Gasteiger partial charge in [0.15, 0.2) is 6.10 Å². The highest BCUT2D eigenvalue weighted by molar-refractivity contribution is 5.70. The van der Waals surface area contributed by atoms with E-state index < -0.39 is 6.10 Å². The minimum Gasteiger partial charge on any atom is -0.462 e. The Hall–Kier alpha value is -1.36. The van der Waals surface area contributed by atoms with Crippen molar-refractivity contribution in [3.8, 4) is 0 Å². The zero-order valence-electron chi connectivity index (χ0n) is 17.4. The molecule has 0 heterocycles. The van der Waals surface area contributed by atoms with Gasteiger partial charge in [0, 0.05) is 12.8 Å². The van der Waals surface area contributed by atoms with Crippen molar-refractivity contribution in [3.05, 3.63) is 12.2 Å². The summed E-state index contributed by atoms with van der Waals surface area (Å²) in [4.78, 5) is 23.4. The molecular formula is C22H40O5. The van der Waals surface area contributed by atoms with Crippen LogP contribution in [0.3, 0.4) is 0 Å². The van der Waals surface area contributed by atoms with Crippen molar-refractivity contribution in [3.63, 3.8) is 0 Å².